The standard InChI is InChI=1S/C9H12ClN5S/c1-15-6-13-8(14-15)2-3-11-5-9-12-4-7(10)16-9/h4,6,11H,2-3,5H2,1H3. The Hall–Kier alpha value is -0.980. The topological polar surface area (TPSA) is 55.6 Å². The van der Waals surface area contributed by atoms with Gasteiger partial charge < -0.3 is 5.32 Å². The van der Waals surface area contributed by atoms with E-state index in [0.29, 0.717) is 0 Å². The zero-order valence-corrected chi connectivity index (χ0v) is 10.4. The summed E-state index contributed by atoms with van der Waals surface area (Å²) in [5.74, 6) is 0.854. The van der Waals surface area contributed by atoms with Gasteiger partial charge in [-0.05, 0) is 0 Å². The van der Waals surface area contributed by atoms with Crippen molar-refractivity contribution in [2.45, 2.75) is 13.0 Å². The van der Waals surface area contributed by atoms with Crippen molar-refractivity contribution in [2.75, 3.05) is 6.54 Å². The summed E-state index contributed by atoms with van der Waals surface area (Å²) in [6.07, 6.45) is 4.19. The van der Waals surface area contributed by atoms with Gasteiger partial charge in [0.15, 0.2) is 5.82 Å². The molecule has 0 saturated heterocycles. The molecule has 0 amide bonds. The Morgan fingerprint density at radius 2 is 2.38 bits per heavy atom. The van der Waals surface area contributed by atoms with Crippen LogP contribution in [0.2, 0.25) is 4.34 Å². The van der Waals surface area contributed by atoms with Crippen LogP contribution in [-0.2, 0) is 20.0 Å². The zero-order valence-electron chi connectivity index (χ0n) is 8.85. The SMILES string of the molecule is Cn1cnc(CCNCc2ncc(Cl)s2)n1. The lowest BCUT2D eigenvalue weighted by molar-refractivity contribution is 0.659. The molecule has 5 nitrogen and oxygen atoms in total. The van der Waals surface area contributed by atoms with Crippen molar-refractivity contribution in [3.05, 3.63) is 27.7 Å². The minimum atomic E-state index is 0.725. The summed E-state index contributed by atoms with van der Waals surface area (Å²) >= 11 is 7.27. The highest BCUT2D eigenvalue weighted by molar-refractivity contribution is 7.15. The van der Waals surface area contributed by atoms with Crippen molar-refractivity contribution in [1.29, 1.82) is 0 Å². The van der Waals surface area contributed by atoms with Gasteiger partial charge >= 0.3 is 0 Å². The Bertz CT molecular complexity index is 410. The number of thiazole rings is 1. The molecule has 2 heterocycles. The molecule has 0 aliphatic carbocycles. The van der Waals surface area contributed by atoms with E-state index < -0.39 is 0 Å². The third kappa shape index (κ3) is 3.26. The molecular weight excluding hydrogens is 246 g/mol. The molecule has 2 aromatic heterocycles. The van der Waals surface area contributed by atoms with Crippen molar-refractivity contribution >= 4 is 22.9 Å². The number of hydrogen-bond donors (Lipinski definition) is 1. The fourth-order valence-electron chi connectivity index (χ4n) is 1.26. The minimum absolute atomic E-state index is 0.725. The highest BCUT2D eigenvalue weighted by Crippen LogP contribution is 2.17. The molecule has 2 rings (SSSR count). The number of nitrogens with one attached hydrogen (secondary N) is 1. The van der Waals surface area contributed by atoms with E-state index in [0.717, 1.165) is 34.7 Å². The second-order valence-corrected chi connectivity index (χ2v) is 5.07. The number of aryl methyl sites for hydroxylation is 1. The molecule has 0 spiro atoms. The molecule has 7 heteroatoms. The second-order valence-electron chi connectivity index (χ2n) is 3.32. The van der Waals surface area contributed by atoms with Gasteiger partial charge in [0.2, 0.25) is 0 Å². The normalized spacial score (nSPS) is 10.9. The monoisotopic (exact) mass is 257 g/mol. The highest BCUT2D eigenvalue weighted by Gasteiger charge is 2.00. The molecule has 0 atom stereocenters. The molecule has 86 valence electrons. The molecule has 0 fully saturated rings. The predicted molar refractivity (Wildman–Crippen MR) is 63.5 cm³/mol. The van der Waals surface area contributed by atoms with E-state index in [-0.39, 0.29) is 0 Å². The summed E-state index contributed by atoms with van der Waals surface area (Å²) in [5, 5.41) is 8.46. The van der Waals surface area contributed by atoms with Crippen LogP contribution in [0.3, 0.4) is 0 Å². The van der Waals surface area contributed by atoms with E-state index in [1.807, 2.05) is 7.05 Å². The maximum atomic E-state index is 5.78. The molecular formula is C9H12ClN5S. The molecule has 0 unspecified atom stereocenters. The number of hydrogen-bond acceptors (Lipinski definition) is 5. The first-order chi connectivity index (χ1) is 7.74. The van der Waals surface area contributed by atoms with Crippen LogP contribution in [0.25, 0.3) is 0 Å². The summed E-state index contributed by atoms with van der Waals surface area (Å²) in [4.78, 5) is 8.30. The third-order valence-electron chi connectivity index (χ3n) is 1.97. The van der Waals surface area contributed by atoms with E-state index >= 15 is 0 Å². The predicted octanol–water partition coefficient (Wildman–Crippen LogP) is 1.26. The van der Waals surface area contributed by atoms with Gasteiger partial charge in [0, 0.05) is 26.6 Å². The summed E-state index contributed by atoms with van der Waals surface area (Å²) in [7, 11) is 1.86. The van der Waals surface area contributed by atoms with Gasteiger partial charge in [-0.2, -0.15) is 5.10 Å². The zero-order chi connectivity index (χ0) is 11.4. The molecule has 1 N–H and O–H groups in total. The molecule has 2 aromatic rings. The smallest absolute Gasteiger partial charge is 0.151 e. The van der Waals surface area contributed by atoms with Gasteiger partial charge in [-0.3, -0.25) is 4.68 Å². The van der Waals surface area contributed by atoms with Crippen LogP contribution in [0.15, 0.2) is 12.5 Å². The molecule has 16 heavy (non-hydrogen) atoms. The van der Waals surface area contributed by atoms with Crippen LogP contribution in [0.5, 0.6) is 0 Å². The van der Waals surface area contributed by atoms with E-state index in [4.69, 9.17) is 11.6 Å². The molecule has 0 saturated carbocycles. The van der Waals surface area contributed by atoms with E-state index in [2.05, 4.69) is 20.4 Å². The van der Waals surface area contributed by atoms with Gasteiger partial charge in [0.05, 0.1) is 6.20 Å². The molecule has 0 radical (unpaired) electrons. The molecule has 0 aliphatic rings. The van der Waals surface area contributed by atoms with Crippen LogP contribution in [0.1, 0.15) is 10.8 Å². The van der Waals surface area contributed by atoms with Gasteiger partial charge in [-0.15, -0.1) is 11.3 Å². The van der Waals surface area contributed by atoms with Gasteiger partial charge in [0.25, 0.3) is 0 Å². The summed E-state index contributed by atoms with van der Waals surface area (Å²) in [6.45, 7) is 1.57. The van der Waals surface area contributed by atoms with Crippen LogP contribution in [0, 0.1) is 0 Å². The van der Waals surface area contributed by atoms with Crippen LogP contribution < -0.4 is 5.32 Å². The van der Waals surface area contributed by atoms with Crippen molar-refractivity contribution < 1.29 is 0 Å². The van der Waals surface area contributed by atoms with Crippen LogP contribution in [-0.4, -0.2) is 26.3 Å². The largest absolute Gasteiger partial charge is 0.310 e. The maximum absolute atomic E-state index is 5.78. The first-order valence-corrected chi connectivity index (χ1v) is 6.09. The van der Waals surface area contributed by atoms with Crippen LogP contribution in [0.4, 0.5) is 0 Å². The number of halogens is 1. The first kappa shape index (κ1) is 11.5. The molecule has 0 aromatic carbocycles. The summed E-state index contributed by atoms with van der Waals surface area (Å²) in [5.41, 5.74) is 0. The maximum Gasteiger partial charge on any atom is 0.151 e. The van der Waals surface area contributed by atoms with Gasteiger partial charge in [0.1, 0.15) is 15.7 Å². The number of rotatable bonds is 5. The van der Waals surface area contributed by atoms with E-state index in [1.54, 1.807) is 17.2 Å². The lowest BCUT2D eigenvalue weighted by Crippen LogP contribution is -2.17. The highest BCUT2D eigenvalue weighted by atomic mass is 35.5. The number of aromatic nitrogens is 4. The third-order valence-corrected chi connectivity index (χ3v) is 3.09. The summed E-state index contributed by atoms with van der Waals surface area (Å²) < 4.78 is 2.43. The minimum Gasteiger partial charge on any atom is -0.310 e. The fourth-order valence-corrected chi connectivity index (χ4v) is 2.19. The average molecular weight is 258 g/mol. The molecule has 0 aliphatic heterocycles. The lowest BCUT2D eigenvalue weighted by atomic mass is 10.4. The van der Waals surface area contributed by atoms with Gasteiger partial charge in [-0.25, -0.2) is 9.97 Å². The Kier molecular flexibility index (Phi) is 3.87. The Balaban J connectivity index is 1.69. The van der Waals surface area contributed by atoms with Crippen molar-refractivity contribution in [3.8, 4) is 0 Å². The lowest BCUT2D eigenvalue weighted by Gasteiger charge is -1.99. The fraction of sp³-hybridized carbons (Fsp3) is 0.444. The Morgan fingerprint density at radius 3 is 3.00 bits per heavy atom. The molecule has 0 bridgehead atoms. The number of nitrogens with zero attached hydrogens (tertiary/aromatic N) is 4. The van der Waals surface area contributed by atoms with Crippen molar-refractivity contribution in [1.82, 2.24) is 25.1 Å². The first-order valence-electron chi connectivity index (χ1n) is 4.89. The van der Waals surface area contributed by atoms with Crippen LogP contribution >= 0.6 is 22.9 Å². The average Bonchev–Trinajstić information content (AvgIpc) is 2.83. The van der Waals surface area contributed by atoms with E-state index in [1.165, 1.54) is 11.3 Å². The quantitative estimate of drug-likeness (QED) is 0.820. The van der Waals surface area contributed by atoms with Gasteiger partial charge in [-0.1, -0.05) is 11.6 Å². The Morgan fingerprint density at radius 1 is 1.50 bits per heavy atom. The van der Waals surface area contributed by atoms with E-state index in [9.17, 15) is 0 Å². The second kappa shape index (κ2) is 5.38. The van der Waals surface area contributed by atoms with Crippen molar-refractivity contribution in [2.24, 2.45) is 7.05 Å². The Labute approximate surface area is 102 Å². The summed E-state index contributed by atoms with van der Waals surface area (Å²) in [6, 6.07) is 0. The van der Waals surface area contributed by atoms with Crippen molar-refractivity contribution in [3.63, 3.8) is 0 Å².